The van der Waals surface area contributed by atoms with Gasteiger partial charge in [0.25, 0.3) is 10.0 Å². The van der Waals surface area contributed by atoms with Crippen molar-refractivity contribution in [3.8, 4) is 17.2 Å². The van der Waals surface area contributed by atoms with Gasteiger partial charge in [-0.15, -0.1) is 0 Å². The minimum Gasteiger partial charge on any atom is -0.497 e. The van der Waals surface area contributed by atoms with E-state index in [1.807, 2.05) is 0 Å². The number of sulfonamides is 1. The Morgan fingerprint density at radius 1 is 0.875 bits per heavy atom. The van der Waals surface area contributed by atoms with E-state index in [0.29, 0.717) is 29.4 Å². The number of methoxy groups -OCH3 is 3. The normalized spacial score (nSPS) is 11.7. The van der Waals surface area contributed by atoms with E-state index in [2.05, 4.69) is 5.32 Å². The van der Waals surface area contributed by atoms with Crippen LogP contribution in [0, 0.1) is 0 Å². The number of anilines is 1. The molecule has 3 aromatic rings. The minimum absolute atomic E-state index is 0.00806. The fraction of sp³-hybridized carbons (Fsp3) is 0.310. The molecule has 0 saturated heterocycles. The lowest BCUT2D eigenvalue weighted by molar-refractivity contribution is -0.139. The SMILES string of the molecule is CCNC(=O)[C@H](C)N(Cc1cccc(OC)c1)C(=O)CN(c1ccc(OC)c(OC)c1)S(=O)(=O)c1ccccc1. The number of benzene rings is 3. The zero-order chi connectivity index (χ0) is 29.3. The predicted octanol–water partition coefficient (Wildman–Crippen LogP) is 3.46. The Kier molecular flexibility index (Phi) is 10.4. The van der Waals surface area contributed by atoms with Crippen molar-refractivity contribution < 1.29 is 32.2 Å². The van der Waals surface area contributed by atoms with Crippen LogP contribution in [0.5, 0.6) is 17.2 Å². The Morgan fingerprint density at radius 3 is 2.20 bits per heavy atom. The lowest BCUT2D eigenvalue weighted by Crippen LogP contribution is -2.51. The number of nitrogens with one attached hydrogen (secondary N) is 1. The van der Waals surface area contributed by atoms with E-state index >= 15 is 0 Å². The third kappa shape index (κ3) is 7.03. The van der Waals surface area contributed by atoms with Crippen molar-refractivity contribution in [3.05, 3.63) is 78.4 Å². The first-order valence-corrected chi connectivity index (χ1v) is 14.1. The third-order valence-corrected chi connectivity index (χ3v) is 8.06. The summed E-state index contributed by atoms with van der Waals surface area (Å²) in [7, 11) is 0.247. The number of likely N-dealkylation sites (N-methyl/N-ethyl adjacent to an activating group) is 1. The number of carbonyl (C=O) groups excluding carboxylic acids is 2. The summed E-state index contributed by atoms with van der Waals surface area (Å²) in [6, 6.07) is 18.7. The molecule has 0 saturated carbocycles. The summed E-state index contributed by atoms with van der Waals surface area (Å²) in [6.07, 6.45) is 0. The van der Waals surface area contributed by atoms with E-state index < -0.39 is 28.5 Å². The third-order valence-electron chi connectivity index (χ3n) is 6.27. The molecule has 0 aliphatic carbocycles. The van der Waals surface area contributed by atoms with Crippen LogP contribution in [-0.2, 0) is 26.2 Å². The van der Waals surface area contributed by atoms with E-state index in [-0.39, 0.29) is 23.0 Å². The molecular weight excluding hydrogens is 534 g/mol. The maximum Gasteiger partial charge on any atom is 0.264 e. The minimum atomic E-state index is -4.20. The van der Waals surface area contributed by atoms with Crippen molar-refractivity contribution in [2.45, 2.75) is 31.3 Å². The average Bonchev–Trinajstić information content (AvgIpc) is 2.98. The van der Waals surface area contributed by atoms with Gasteiger partial charge in [0.2, 0.25) is 11.8 Å². The second-order valence-electron chi connectivity index (χ2n) is 8.81. The van der Waals surface area contributed by atoms with Gasteiger partial charge in [0.05, 0.1) is 31.9 Å². The lowest BCUT2D eigenvalue weighted by Gasteiger charge is -2.32. The van der Waals surface area contributed by atoms with Crippen LogP contribution in [0.15, 0.2) is 77.7 Å². The molecule has 11 heteroatoms. The average molecular weight is 570 g/mol. The molecule has 3 aromatic carbocycles. The molecule has 0 spiro atoms. The molecule has 0 fully saturated rings. The molecule has 1 N–H and O–H groups in total. The number of carbonyl (C=O) groups is 2. The maximum absolute atomic E-state index is 13.9. The number of rotatable bonds is 13. The summed E-state index contributed by atoms with van der Waals surface area (Å²) in [4.78, 5) is 28.1. The van der Waals surface area contributed by atoms with Crippen LogP contribution < -0.4 is 23.8 Å². The van der Waals surface area contributed by atoms with E-state index in [4.69, 9.17) is 14.2 Å². The Labute approximate surface area is 235 Å². The van der Waals surface area contributed by atoms with Gasteiger partial charge in [0.15, 0.2) is 11.5 Å². The monoisotopic (exact) mass is 569 g/mol. The van der Waals surface area contributed by atoms with Crippen molar-refractivity contribution in [3.63, 3.8) is 0 Å². The molecular formula is C29H35N3O7S. The number of amides is 2. The molecule has 10 nitrogen and oxygen atoms in total. The first kappa shape index (κ1) is 30.3. The number of ether oxygens (including phenoxy) is 3. The molecule has 0 unspecified atom stereocenters. The van der Waals surface area contributed by atoms with Gasteiger partial charge in [-0.2, -0.15) is 0 Å². The molecule has 0 heterocycles. The number of hydrogen-bond donors (Lipinski definition) is 1. The molecule has 214 valence electrons. The Bertz CT molecular complexity index is 1410. The molecule has 3 rings (SSSR count). The zero-order valence-corrected chi connectivity index (χ0v) is 24.1. The van der Waals surface area contributed by atoms with Gasteiger partial charge in [0, 0.05) is 19.2 Å². The first-order chi connectivity index (χ1) is 19.2. The molecule has 0 aliphatic rings. The van der Waals surface area contributed by atoms with Crippen LogP contribution in [0.2, 0.25) is 0 Å². The zero-order valence-electron chi connectivity index (χ0n) is 23.3. The van der Waals surface area contributed by atoms with Crippen molar-refractivity contribution in [2.75, 3.05) is 38.7 Å². The molecule has 0 aliphatic heterocycles. The topological polar surface area (TPSA) is 114 Å². The molecule has 0 radical (unpaired) electrons. The number of nitrogens with zero attached hydrogens (tertiary/aromatic N) is 2. The van der Waals surface area contributed by atoms with Gasteiger partial charge in [-0.25, -0.2) is 8.42 Å². The van der Waals surface area contributed by atoms with Crippen LogP contribution in [-0.4, -0.2) is 65.6 Å². The molecule has 40 heavy (non-hydrogen) atoms. The fourth-order valence-corrected chi connectivity index (χ4v) is 5.53. The molecule has 2 amide bonds. The summed E-state index contributed by atoms with van der Waals surface area (Å²) >= 11 is 0. The predicted molar refractivity (Wildman–Crippen MR) is 152 cm³/mol. The van der Waals surface area contributed by atoms with Gasteiger partial charge in [0.1, 0.15) is 18.3 Å². The first-order valence-electron chi connectivity index (χ1n) is 12.7. The van der Waals surface area contributed by atoms with Gasteiger partial charge in [-0.05, 0) is 55.8 Å². The summed E-state index contributed by atoms with van der Waals surface area (Å²) in [6.45, 7) is 3.25. The maximum atomic E-state index is 13.9. The second kappa shape index (κ2) is 13.7. The van der Waals surface area contributed by atoms with Gasteiger partial charge in [-0.3, -0.25) is 13.9 Å². The number of hydrogen-bond acceptors (Lipinski definition) is 7. The highest BCUT2D eigenvalue weighted by molar-refractivity contribution is 7.92. The van der Waals surface area contributed by atoms with Gasteiger partial charge in [-0.1, -0.05) is 30.3 Å². The summed E-state index contributed by atoms with van der Waals surface area (Å²) in [5, 5.41) is 2.74. The Hall–Kier alpha value is -4.25. The Balaban J connectivity index is 2.08. The van der Waals surface area contributed by atoms with E-state index in [0.717, 1.165) is 4.31 Å². The van der Waals surface area contributed by atoms with E-state index in [9.17, 15) is 18.0 Å². The van der Waals surface area contributed by atoms with Gasteiger partial charge < -0.3 is 24.4 Å². The smallest absolute Gasteiger partial charge is 0.264 e. The van der Waals surface area contributed by atoms with Crippen LogP contribution >= 0.6 is 0 Å². The van der Waals surface area contributed by atoms with Crippen LogP contribution in [0.1, 0.15) is 19.4 Å². The van der Waals surface area contributed by atoms with Crippen LogP contribution in [0.3, 0.4) is 0 Å². The highest BCUT2D eigenvalue weighted by Gasteiger charge is 2.33. The standard InChI is InChI=1S/C29H35N3O7S/c1-6-30-29(34)21(2)31(19-22-11-10-12-24(17-22)37-3)28(33)20-32(40(35,36)25-13-8-7-9-14-25)23-15-16-26(38-4)27(18-23)39-5/h7-18,21H,6,19-20H2,1-5H3,(H,30,34)/t21-/m0/s1. The van der Waals surface area contributed by atoms with Crippen LogP contribution in [0.4, 0.5) is 5.69 Å². The van der Waals surface area contributed by atoms with Crippen molar-refractivity contribution in [1.29, 1.82) is 0 Å². The molecule has 0 aromatic heterocycles. The Morgan fingerprint density at radius 2 is 1.57 bits per heavy atom. The summed E-state index contributed by atoms with van der Waals surface area (Å²) in [5.41, 5.74) is 0.911. The molecule has 1 atom stereocenters. The fourth-order valence-electron chi connectivity index (χ4n) is 4.10. The largest absolute Gasteiger partial charge is 0.497 e. The highest BCUT2D eigenvalue weighted by atomic mass is 32.2. The van der Waals surface area contributed by atoms with Gasteiger partial charge >= 0.3 is 0 Å². The second-order valence-corrected chi connectivity index (χ2v) is 10.7. The quantitative estimate of drug-likeness (QED) is 0.335. The van der Waals surface area contributed by atoms with Crippen molar-refractivity contribution >= 4 is 27.5 Å². The highest BCUT2D eigenvalue weighted by Crippen LogP contribution is 2.34. The van der Waals surface area contributed by atoms with Crippen molar-refractivity contribution in [1.82, 2.24) is 10.2 Å². The van der Waals surface area contributed by atoms with E-state index in [1.54, 1.807) is 62.4 Å². The van der Waals surface area contributed by atoms with Crippen molar-refractivity contribution in [2.24, 2.45) is 0 Å². The van der Waals surface area contributed by atoms with Crippen LogP contribution in [0.25, 0.3) is 0 Å². The summed E-state index contributed by atoms with van der Waals surface area (Å²) in [5.74, 6) is 0.358. The lowest BCUT2D eigenvalue weighted by atomic mass is 10.1. The van der Waals surface area contributed by atoms with E-state index in [1.165, 1.54) is 50.5 Å². The molecule has 0 bridgehead atoms. The summed E-state index contributed by atoms with van der Waals surface area (Å²) < 4.78 is 44.8.